The molecule has 0 aliphatic carbocycles. The van der Waals surface area contributed by atoms with Crippen LogP contribution >= 0.6 is 11.6 Å². The second kappa shape index (κ2) is 9.18. The van der Waals surface area contributed by atoms with Gasteiger partial charge in [0, 0.05) is 23.9 Å². The van der Waals surface area contributed by atoms with Crippen molar-refractivity contribution in [2.24, 2.45) is 5.92 Å². The van der Waals surface area contributed by atoms with Gasteiger partial charge in [-0.05, 0) is 43.0 Å². The summed E-state index contributed by atoms with van der Waals surface area (Å²) in [6.07, 6.45) is 1.73. The van der Waals surface area contributed by atoms with Gasteiger partial charge in [-0.1, -0.05) is 25.4 Å². The molecule has 108 valence electrons. The molecule has 0 heterocycles. The maximum absolute atomic E-state index is 9.76. The van der Waals surface area contributed by atoms with Crippen LogP contribution in [0.15, 0.2) is 24.3 Å². The van der Waals surface area contributed by atoms with E-state index < -0.39 is 6.10 Å². The third-order valence-electron chi connectivity index (χ3n) is 2.77. The Morgan fingerprint density at radius 1 is 1.26 bits per heavy atom. The molecule has 0 saturated heterocycles. The Kier molecular flexibility index (Phi) is 7.87. The molecular formula is C15H24ClNO2. The van der Waals surface area contributed by atoms with Crippen LogP contribution in [-0.2, 0) is 4.74 Å². The Balaban J connectivity index is 2.07. The average molecular weight is 286 g/mol. The first-order valence-electron chi connectivity index (χ1n) is 6.83. The van der Waals surface area contributed by atoms with Gasteiger partial charge in [-0.15, -0.1) is 0 Å². The maximum atomic E-state index is 9.76. The highest BCUT2D eigenvalue weighted by Crippen LogP contribution is 2.13. The van der Waals surface area contributed by atoms with E-state index in [1.165, 1.54) is 6.42 Å². The third kappa shape index (κ3) is 8.09. The fourth-order valence-electron chi connectivity index (χ4n) is 1.68. The first kappa shape index (κ1) is 16.3. The highest BCUT2D eigenvalue weighted by molar-refractivity contribution is 6.30. The number of aliphatic hydroxyl groups excluding tert-OH is 1. The minimum atomic E-state index is -0.491. The average Bonchev–Trinajstić information content (AvgIpc) is 2.37. The first-order valence-corrected chi connectivity index (χ1v) is 7.21. The lowest BCUT2D eigenvalue weighted by Gasteiger charge is -2.13. The van der Waals surface area contributed by atoms with Crippen LogP contribution in [0.5, 0.6) is 0 Å². The van der Waals surface area contributed by atoms with Crippen molar-refractivity contribution in [3.63, 3.8) is 0 Å². The summed E-state index contributed by atoms with van der Waals surface area (Å²) in [7, 11) is 0. The van der Waals surface area contributed by atoms with Crippen molar-refractivity contribution in [2.45, 2.75) is 32.8 Å². The van der Waals surface area contributed by atoms with Crippen LogP contribution in [0.3, 0.4) is 0 Å². The van der Waals surface area contributed by atoms with Crippen molar-refractivity contribution in [1.82, 2.24) is 0 Å². The summed E-state index contributed by atoms with van der Waals surface area (Å²) in [4.78, 5) is 0. The van der Waals surface area contributed by atoms with Crippen LogP contribution in [0.4, 0.5) is 5.69 Å². The van der Waals surface area contributed by atoms with Crippen LogP contribution in [0.2, 0.25) is 5.02 Å². The van der Waals surface area contributed by atoms with E-state index in [0.717, 1.165) is 18.7 Å². The second-order valence-electron chi connectivity index (χ2n) is 5.15. The summed E-state index contributed by atoms with van der Waals surface area (Å²) in [5, 5.41) is 13.6. The molecule has 0 saturated carbocycles. The van der Waals surface area contributed by atoms with Crippen molar-refractivity contribution in [1.29, 1.82) is 0 Å². The van der Waals surface area contributed by atoms with Gasteiger partial charge in [0.15, 0.2) is 0 Å². The number of aliphatic hydroxyl groups is 1. The molecule has 3 nitrogen and oxygen atoms in total. The Bertz CT molecular complexity index is 341. The van der Waals surface area contributed by atoms with E-state index in [9.17, 15) is 5.11 Å². The van der Waals surface area contributed by atoms with Crippen molar-refractivity contribution in [3.8, 4) is 0 Å². The molecule has 0 radical (unpaired) electrons. The van der Waals surface area contributed by atoms with Crippen LogP contribution in [0.1, 0.15) is 26.7 Å². The Labute approximate surface area is 120 Å². The van der Waals surface area contributed by atoms with Gasteiger partial charge in [-0.2, -0.15) is 0 Å². The van der Waals surface area contributed by atoms with Crippen molar-refractivity contribution < 1.29 is 9.84 Å². The van der Waals surface area contributed by atoms with E-state index in [1.807, 2.05) is 24.3 Å². The molecule has 4 heteroatoms. The Morgan fingerprint density at radius 2 is 1.95 bits per heavy atom. The highest BCUT2D eigenvalue weighted by atomic mass is 35.5. The van der Waals surface area contributed by atoms with E-state index in [1.54, 1.807) is 0 Å². The molecule has 0 fully saturated rings. The molecule has 0 bridgehead atoms. The largest absolute Gasteiger partial charge is 0.389 e. The summed E-state index contributed by atoms with van der Waals surface area (Å²) in [5.74, 6) is 0.708. The molecule has 1 aromatic rings. The van der Waals surface area contributed by atoms with Crippen molar-refractivity contribution in [2.75, 3.05) is 25.1 Å². The molecule has 0 amide bonds. The van der Waals surface area contributed by atoms with Crippen molar-refractivity contribution in [3.05, 3.63) is 29.3 Å². The van der Waals surface area contributed by atoms with E-state index in [4.69, 9.17) is 16.3 Å². The molecule has 0 aromatic heterocycles. The second-order valence-corrected chi connectivity index (χ2v) is 5.59. The number of benzene rings is 1. The van der Waals surface area contributed by atoms with Gasteiger partial charge in [0.1, 0.15) is 0 Å². The third-order valence-corrected chi connectivity index (χ3v) is 3.02. The van der Waals surface area contributed by atoms with Crippen LogP contribution in [0.25, 0.3) is 0 Å². The van der Waals surface area contributed by atoms with Gasteiger partial charge in [-0.25, -0.2) is 0 Å². The lowest BCUT2D eigenvalue weighted by atomic mass is 10.1. The molecule has 1 aromatic carbocycles. The Hall–Kier alpha value is -0.770. The zero-order valence-electron chi connectivity index (χ0n) is 11.7. The van der Waals surface area contributed by atoms with E-state index >= 15 is 0 Å². The van der Waals surface area contributed by atoms with E-state index in [2.05, 4.69) is 19.2 Å². The maximum Gasteiger partial charge on any atom is 0.0945 e. The molecule has 0 aliphatic heterocycles. The van der Waals surface area contributed by atoms with Gasteiger partial charge in [0.05, 0.1) is 12.7 Å². The monoisotopic (exact) mass is 285 g/mol. The number of ether oxygens (including phenoxy) is 1. The minimum absolute atomic E-state index is 0.374. The predicted molar refractivity (Wildman–Crippen MR) is 80.8 cm³/mol. The fraction of sp³-hybridized carbons (Fsp3) is 0.600. The summed E-state index contributed by atoms with van der Waals surface area (Å²) >= 11 is 5.80. The van der Waals surface area contributed by atoms with Gasteiger partial charge in [0.2, 0.25) is 0 Å². The number of hydrogen-bond donors (Lipinski definition) is 2. The molecule has 0 aliphatic rings. The van der Waals surface area contributed by atoms with Gasteiger partial charge < -0.3 is 15.2 Å². The van der Waals surface area contributed by atoms with Crippen molar-refractivity contribution >= 4 is 17.3 Å². The number of anilines is 1. The molecule has 1 atom stereocenters. The smallest absolute Gasteiger partial charge is 0.0945 e. The predicted octanol–water partition coefficient (Wildman–Crippen LogP) is 3.57. The minimum Gasteiger partial charge on any atom is -0.389 e. The number of rotatable bonds is 9. The zero-order chi connectivity index (χ0) is 14.1. The van der Waals surface area contributed by atoms with E-state index in [-0.39, 0.29) is 0 Å². The fourth-order valence-corrected chi connectivity index (χ4v) is 1.80. The molecule has 1 rings (SSSR count). The Morgan fingerprint density at radius 3 is 2.58 bits per heavy atom. The lowest BCUT2D eigenvalue weighted by Crippen LogP contribution is -2.25. The van der Waals surface area contributed by atoms with E-state index in [0.29, 0.717) is 24.1 Å². The summed E-state index contributed by atoms with van der Waals surface area (Å²) in [5.41, 5.74) is 0.947. The zero-order valence-corrected chi connectivity index (χ0v) is 12.5. The standard InChI is InChI=1S/C15H24ClNO2/c1-12(2)4-3-9-19-11-15(18)10-17-14-7-5-13(16)6-8-14/h5-8,12,15,17-18H,3-4,9-11H2,1-2H3. The van der Waals surface area contributed by atoms with Gasteiger partial charge in [0.25, 0.3) is 0 Å². The summed E-state index contributed by atoms with van der Waals surface area (Å²) in [6, 6.07) is 7.41. The van der Waals surface area contributed by atoms with Crippen LogP contribution in [-0.4, -0.2) is 31.0 Å². The SMILES string of the molecule is CC(C)CCCOCC(O)CNc1ccc(Cl)cc1. The normalized spacial score (nSPS) is 12.7. The quantitative estimate of drug-likeness (QED) is 0.682. The first-order chi connectivity index (χ1) is 9.08. The van der Waals surface area contributed by atoms with Crippen LogP contribution in [0, 0.1) is 5.92 Å². The number of halogens is 1. The molecular weight excluding hydrogens is 262 g/mol. The molecule has 2 N–H and O–H groups in total. The molecule has 0 spiro atoms. The molecule has 1 unspecified atom stereocenters. The van der Waals surface area contributed by atoms with Gasteiger partial charge in [-0.3, -0.25) is 0 Å². The number of hydrogen-bond acceptors (Lipinski definition) is 3. The lowest BCUT2D eigenvalue weighted by molar-refractivity contribution is 0.0409. The highest BCUT2D eigenvalue weighted by Gasteiger charge is 2.04. The topological polar surface area (TPSA) is 41.5 Å². The molecule has 19 heavy (non-hydrogen) atoms. The van der Waals surface area contributed by atoms with Crippen LogP contribution < -0.4 is 5.32 Å². The summed E-state index contributed by atoms with van der Waals surface area (Å²) in [6.45, 7) is 5.97. The summed E-state index contributed by atoms with van der Waals surface area (Å²) < 4.78 is 5.44. The number of nitrogens with one attached hydrogen (secondary N) is 1. The van der Waals surface area contributed by atoms with Gasteiger partial charge >= 0.3 is 0 Å².